The first-order chi connectivity index (χ1) is 5.83. The van der Waals surface area contributed by atoms with E-state index in [1.165, 1.54) is 6.42 Å². The molecule has 0 bridgehead atoms. The first kappa shape index (κ1) is 15.0. The van der Waals surface area contributed by atoms with Gasteiger partial charge in [0.1, 0.15) is 0 Å². The molecule has 0 radical (unpaired) electrons. The third kappa shape index (κ3) is 24.6. The van der Waals surface area contributed by atoms with Gasteiger partial charge in [-0.25, -0.2) is 0 Å². The van der Waals surface area contributed by atoms with Crippen molar-refractivity contribution in [3.05, 3.63) is 0 Å². The first-order valence-electron chi connectivity index (χ1n) is 5.11. The van der Waals surface area contributed by atoms with Gasteiger partial charge in [0.05, 0.1) is 0 Å². The SMILES string of the molecule is CC(C)(C)CCCC(N)=O.CCC. The molecule has 0 saturated carbocycles. The van der Waals surface area contributed by atoms with Crippen LogP contribution in [-0.4, -0.2) is 5.91 Å². The summed E-state index contributed by atoms with van der Waals surface area (Å²) in [6.07, 6.45) is 3.76. The van der Waals surface area contributed by atoms with Crippen molar-refractivity contribution in [2.75, 3.05) is 0 Å². The van der Waals surface area contributed by atoms with Crippen LogP contribution >= 0.6 is 0 Å². The molecule has 0 aliphatic rings. The Kier molecular flexibility index (Phi) is 9.31. The van der Waals surface area contributed by atoms with Crippen LogP contribution in [0.5, 0.6) is 0 Å². The topological polar surface area (TPSA) is 43.1 Å². The highest BCUT2D eigenvalue weighted by Gasteiger charge is 2.09. The van der Waals surface area contributed by atoms with Crippen molar-refractivity contribution in [3.63, 3.8) is 0 Å². The maximum atomic E-state index is 10.3. The Labute approximate surface area is 82.9 Å². The molecule has 80 valence electrons. The molecule has 13 heavy (non-hydrogen) atoms. The van der Waals surface area contributed by atoms with Crippen molar-refractivity contribution in [2.45, 2.75) is 60.3 Å². The Balaban J connectivity index is 0. The van der Waals surface area contributed by atoms with E-state index in [1.54, 1.807) is 0 Å². The monoisotopic (exact) mass is 187 g/mol. The number of hydrogen-bond acceptors (Lipinski definition) is 1. The van der Waals surface area contributed by atoms with Crippen LogP contribution in [0.15, 0.2) is 0 Å². The van der Waals surface area contributed by atoms with Crippen LogP contribution in [0, 0.1) is 5.41 Å². The molecule has 0 saturated heterocycles. The fourth-order valence-corrected chi connectivity index (χ4v) is 0.793. The van der Waals surface area contributed by atoms with Gasteiger partial charge < -0.3 is 5.73 Å². The number of nitrogens with two attached hydrogens (primary N) is 1. The molecule has 0 fully saturated rings. The molecule has 0 atom stereocenters. The average molecular weight is 187 g/mol. The maximum absolute atomic E-state index is 10.3. The molecule has 2 heteroatoms. The van der Waals surface area contributed by atoms with Gasteiger partial charge in [-0.2, -0.15) is 0 Å². The van der Waals surface area contributed by atoms with Crippen molar-refractivity contribution in [2.24, 2.45) is 11.1 Å². The second-order valence-electron chi connectivity index (χ2n) is 4.59. The summed E-state index contributed by atoms with van der Waals surface area (Å²) >= 11 is 0. The van der Waals surface area contributed by atoms with Crippen molar-refractivity contribution < 1.29 is 4.79 Å². The van der Waals surface area contributed by atoms with Crippen molar-refractivity contribution >= 4 is 5.91 Å². The molecule has 0 aliphatic carbocycles. The van der Waals surface area contributed by atoms with Crippen LogP contribution in [0.1, 0.15) is 60.3 Å². The number of carbonyl (C=O) groups excluding carboxylic acids is 1. The summed E-state index contributed by atoms with van der Waals surface area (Å²) in [5, 5.41) is 0. The lowest BCUT2D eigenvalue weighted by Gasteiger charge is -2.16. The molecule has 2 nitrogen and oxygen atoms in total. The smallest absolute Gasteiger partial charge is 0.217 e. The predicted octanol–water partition coefficient (Wildman–Crippen LogP) is 3.10. The molecule has 2 N–H and O–H groups in total. The summed E-state index contributed by atoms with van der Waals surface area (Å²) in [4.78, 5) is 10.3. The normalized spacial score (nSPS) is 10.2. The fourth-order valence-electron chi connectivity index (χ4n) is 0.793. The zero-order chi connectivity index (χ0) is 10.9. The largest absolute Gasteiger partial charge is 0.370 e. The van der Waals surface area contributed by atoms with Crippen molar-refractivity contribution in [1.82, 2.24) is 0 Å². The fraction of sp³-hybridized carbons (Fsp3) is 0.909. The Hall–Kier alpha value is -0.530. The molecule has 0 aliphatic heterocycles. The molecule has 0 aromatic rings. The van der Waals surface area contributed by atoms with E-state index in [0.29, 0.717) is 11.8 Å². The van der Waals surface area contributed by atoms with Gasteiger partial charge in [-0.05, 0) is 18.3 Å². The average Bonchev–Trinajstić information content (AvgIpc) is 1.84. The van der Waals surface area contributed by atoms with E-state index in [9.17, 15) is 4.79 Å². The molecule has 0 rings (SSSR count). The van der Waals surface area contributed by atoms with E-state index in [4.69, 9.17) is 5.73 Å². The number of primary amides is 1. The van der Waals surface area contributed by atoms with Crippen LogP contribution in [0.4, 0.5) is 0 Å². The van der Waals surface area contributed by atoms with Gasteiger partial charge in [0.2, 0.25) is 5.91 Å². The summed E-state index contributed by atoms with van der Waals surface area (Å²) in [6.45, 7) is 10.7. The van der Waals surface area contributed by atoms with Crippen molar-refractivity contribution in [1.29, 1.82) is 0 Å². The van der Waals surface area contributed by atoms with E-state index in [1.807, 2.05) is 0 Å². The standard InChI is InChI=1S/C8H17NO.C3H8/c1-8(2,3)6-4-5-7(9)10;1-3-2/h4-6H2,1-3H3,(H2,9,10);3H2,1-2H3. The summed E-state index contributed by atoms with van der Waals surface area (Å²) in [5.41, 5.74) is 5.31. The van der Waals surface area contributed by atoms with Crippen LogP contribution < -0.4 is 5.73 Å². The van der Waals surface area contributed by atoms with Gasteiger partial charge in [0.25, 0.3) is 0 Å². The number of amides is 1. The van der Waals surface area contributed by atoms with Gasteiger partial charge >= 0.3 is 0 Å². The lowest BCUT2D eigenvalue weighted by Crippen LogP contribution is -2.12. The molecule has 0 unspecified atom stereocenters. The van der Waals surface area contributed by atoms with Gasteiger partial charge in [-0.3, -0.25) is 4.79 Å². The molecule has 0 heterocycles. The van der Waals surface area contributed by atoms with Crippen LogP contribution in [0.2, 0.25) is 0 Å². The zero-order valence-electron chi connectivity index (χ0n) is 9.81. The first-order valence-corrected chi connectivity index (χ1v) is 5.11. The number of carbonyl (C=O) groups is 1. The van der Waals surface area contributed by atoms with E-state index < -0.39 is 0 Å². The van der Waals surface area contributed by atoms with E-state index in [0.717, 1.165) is 12.8 Å². The molecular weight excluding hydrogens is 162 g/mol. The lowest BCUT2D eigenvalue weighted by atomic mass is 9.90. The quantitative estimate of drug-likeness (QED) is 0.725. The van der Waals surface area contributed by atoms with Gasteiger partial charge in [-0.1, -0.05) is 41.0 Å². The van der Waals surface area contributed by atoms with E-state index >= 15 is 0 Å². The number of hydrogen-bond donors (Lipinski definition) is 1. The Morgan fingerprint density at radius 3 is 1.85 bits per heavy atom. The van der Waals surface area contributed by atoms with Crippen molar-refractivity contribution in [3.8, 4) is 0 Å². The predicted molar refractivity (Wildman–Crippen MR) is 58.5 cm³/mol. The highest BCUT2D eigenvalue weighted by molar-refractivity contribution is 5.73. The third-order valence-electron chi connectivity index (χ3n) is 1.35. The van der Waals surface area contributed by atoms with Gasteiger partial charge in [0, 0.05) is 6.42 Å². The van der Waals surface area contributed by atoms with Crippen LogP contribution in [0.25, 0.3) is 0 Å². The minimum atomic E-state index is -0.191. The summed E-state index contributed by atoms with van der Waals surface area (Å²) in [7, 11) is 0. The Morgan fingerprint density at radius 1 is 1.23 bits per heavy atom. The molecule has 0 spiro atoms. The molecule has 0 aromatic carbocycles. The minimum Gasteiger partial charge on any atom is -0.370 e. The maximum Gasteiger partial charge on any atom is 0.217 e. The third-order valence-corrected chi connectivity index (χ3v) is 1.35. The number of rotatable bonds is 3. The van der Waals surface area contributed by atoms with E-state index in [-0.39, 0.29) is 5.91 Å². The summed E-state index contributed by atoms with van der Waals surface area (Å²) < 4.78 is 0. The van der Waals surface area contributed by atoms with Crippen LogP contribution in [0.3, 0.4) is 0 Å². The Bertz CT molecular complexity index is 125. The summed E-state index contributed by atoms with van der Waals surface area (Å²) in [6, 6.07) is 0. The zero-order valence-corrected chi connectivity index (χ0v) is 9.81. The minimum absolute atomic E-state index is 0.191. The summed E-state index contributed by atoms with van der Waals surface area (Å²) in [5.74, 6) is -0.191. The lowest BCUT2D eigenvalue weighted by molar-refractivity contribution is -0.118. The molecular formula is C11H25NO. The molecule has 1 amide bonds. The van der Waals surface area contributed by atoms with E-state index in [2.05, 4.69) is 34.6 Å². The van der Waals surface area contributed by atoms with Gasteiger partial charge in [0.15, 0.2) is 0 Å². The Morgan fingerprint density at radius 2 is 1.62 bits per heavy atom. The highest BCUT2D eigenvalue weighted by Crippen LogP contribution is 2.20. The highest BCUT2D eigenvalue weighted by atomic mass is 16.1. The second-order valence-corrected chi connectivity index (χ2v) is 4.59. The van der Waals surface area contributed by atoms with Gasteiger partial charge in [-0.15, -0.1) is 0 Å². The molecule has 0 aromatic heterocycles. The van der Waals surface area contributed by atoms with Crippen LogP contribution in [-0.2, 0) is 4.79 Å². The second kappa shape index (κ2) is 8.09.